The minimum absolute atomic E-state index is 0.00745. The van der Waals surface area contributed by atoms with Crippen LogP contribution < -0.4 is 0 Å². The number of carbonyl (C=O) groups excluding carboxylic acids is 1. The van der Waals surface area contributed by atoms with E-state index in [1.165, 1.54) is 0 Å². The molecule has 0 aliphatic rings. The smallest absolute Gasteiger partial charge is 0.284 e. The van der Waals surface area contributed by atoms with Crippen molar-refractivity contribution in [2.45, 2.75) is 13.3 Å². The van der Waals surface area contributed by atoms with Gasteiger partial charge < -0.3 is 8.98 Å². The number of benzene rings is 1. The molecule has 0 spiro atoms. The minimum atomic E-state index is -0.303. The molecule has 0 aliphatic carbocycles. The van der Waals surface area contributed by atoms with Crippen LogP contribution in [0.4, 0.5) is 0 Å². The van der Waals surface area contributed by atoms with Crippen molar-refractivity contribution in [3.8, 4) is 11.3 Å². The molecule has 0 fully saturated rings. The summed E-state index contributed by atoms with van der Waals surface area (Å²) < 4.78 is 7.08. The Labute approximate surface area is 142 Å². The molecule has 25 heavy (non-hydrogen) atoms. The fourth-order valence-corrected chi connectivity index (χ4v) is 2.57. The summed E-state index contributed by atoms with van der Waals surface area (Å²) in [7, 11) is 1.93. The number of imidazole rings is 1. The largest absolute Gasteiger partial charge is 0.419 e. The topological polar surface area (TPSA) is 99.6 Å². The lowest BCUT2D eigenvalue weighted by atomic mass is 10.1. The van der Waals surface area contributed by atoms with Gasteiger partial charge in [0.2, 0.25) is 11.7 Å². The van der Waals surface area contributed by atoms with Gasteiger partial charge in [-0.05, 0) is 6.07 Å². The summed E-state index contributed by atoms with van der Waals surface area (Å²) in [6.45, 7) is 1.64. The van der Waals surface area contributed by atoms with Crippen LogP contribution in [0.1, 0.15) is 22.4 Å². The molecule has 3 heterocycles. The molecule has 0 radical (unpaired) electrons. The van der Waals surface area contributed by atoms with Crippen molar-refractivity contribution in [2.75, 3.05) is 0 Å². The fraction of sp³-hybridized carbons (Fsp3) is 0.176. The summed E-state index contributed by atoms with van der Waals surface area (Å²) in [5.41, 5.74) is 2.74. The normalized spacial score (nSPS) is 11.1. The number of nitrogens with zero attached hydrogens (tertiary/aromatic N) is 6. The van der Waals surface area contributed by atoms with E-state index in [9.17, 15) is 4.79 Å². The summed E-state index contributed by atoms with van der Waals surface area (Å²) in [4.78, 5) is 25.1. The summed E-state index contributed by atoms with van der Waals surface area (Å²) in [5, 5.41) is 8.29. The average Bonchev–Trinajstić information content (AvgIpc) is 3.22. The van der Waals surface area contributed by atoms with Crippen LogP contribution in [0.3, 0.4) is 0 Å². The maximum absolute atomic E-state index is 12.2. The van der Waals surface area contributed by atoms with Gasteiger partial charge >= 0.3 is 0 Å². The van der Waals surface area contributed by atoms with E-state index in [-0.39, 0.29) is 18.1 Å². The molecule has 0 bridgehead atoms. The van der Waals surface area contributed by atoms with Gasteiger partial charge in [-0.15, -0.1) is 10.2 Å². The van der Waals surface area contributed by atoms with Crippen LogP contribution in [0.2, 0.25) is 0 Å². The molecular weight excluding hydrogens is 320 g/mol. The van der Waals surface area contributed by atoms with Crippen molar-refractivity contribution in [3.63, 3.8) is 0 Å². The Balaban J connectivity index is 1.67. The van der Waals surface area contributed by atoms with Crippen LogP contribution >= 0.6 is 0 Å². The van der Waals surface area contributed by atoms with Crippen molar-refractivity contribution in [3.05, 3.63) is 54.5 Å². The zero-order chi connectivity index (χ0) is 17.4. The maximum atomic E-state index is 12.2. The lowest BCUT2D eigenvalue weighted by molar-refractivity contribution is 0.0956. The fourth-order valence-electron chi connectivity index (χ4n) is 2.57. The molecule has 3 aromatic heterocycles. The van der Waals surface area contributed by atoms with E-state index in [2.05, 4.69) is 25.1 Å². The van der Waals surface area contributed by atoms with Gasteiger partial charge in [0.05, 0.1) is 30.2 Å². The minimum Gasteiger partial charge on any atom is -0.419 e. The van der Waals surface area contributed by atoms with Crippen LogP contribution in [0.5, 0.6) is 0 Å². The standard InChI is InChI=1S/C17H14N6O2/c1-10-21-22-17(25-10)15(24)6-16-19-7-12-4-3-11(5-13(12)20-16)14-8-18-9-23(14)2/h3-5,7-9H,6H2,1-2H3. The zero-order valence-corrected chi connectivity index (χ0v) is 13.7. The van der Waals surface area contributed by atoms with Gasteiger partial charge in [0.1, 0.15) is 5.82 Å². The third kappa shape index (κ3) is 2.89. The Morgan fingerprint density at radius 1 is 1.24 bits per heavy atom. The highest BCUT2D eigenvalue weighted by molar-refractivity contribution is 5.93. The van der Waals surface area contributed by atoms with Crippen LogP contribution in [0.25, 0.3) is 22.2 Å². The number of Topliss-reactive ketones (excluding diaryl/α,β-unsaturated/α-hetero) is 1. The number of aromatic nitrogens is 6. The molecule has 0 unspecified atom stereocenters. The Kier molecular flexibility index (Phi) is 3.57. The maximum Gasteiger partial charge on any atom is 0.284 e. The molecule has 0 aliphatic heterocycles. The van der Waals surface area contributed by atoms with Crippen LogP contribution in [0.15, 0.2) is 41.3 Å². The molecule has 4 aromatic rings. The number of rotatable bonds is 4. The van der Waals surface area contributed by atoms with E-state index in [1.807, 2.05) is 29.8 Å². The molecule has 0 saturated carbocycles. The molecule has 0 N–H and O–H groups in total. The van der Waals surface area contributed by atoms with Gasteiger partial charge in [-0.1, -0.05) is 12.1 Å². The van der Waals surface area contributed by atoms with Crippen LogP contribution in [-0.2, 0) is 13.5 Å². The highest BCUT2D eigenvalue weighted by Crippen LogP contribution is 2.22. The van der Waals surface area contributed by atoms with Gasteiger partial charge in [-0.2, -0.15) is 0 Å². The second kappa shape index (κ2) is 5.90. The number of hydrogen-bond donors (Lipinski definition) is 0. The Hall–Kier alpha value is -3.42. The number of aryl methyl sites for hydroxylation is 2. The third-order valence-electron chi connectivity index (χ3n) is 3.83. The van der Waals surface area contributed by atoms with E-state index in [0.29, 0.717) is 11.7 Å². The number of hydrogen-bond acceptors (Lipinski definition) is 7. The first-order valence-electron chi connectivity index (χ1n) is 7.66. The Bertz CT molecular complexity index is 1080. The van der Waals surface area contributed by atoms with Gasteiger partial charge in [0.25, 0.3) is 5.89 Å². The van der Waals surface area contributed by atoms with Crippen LogP contribution in [-0.4, -0.2) is 35.5 Å². The molecule has 8 heteroatoms. The van der Waals surface area contributed by atoms with E-state index in [1.54, 1.807) is 25.6 Å². The van der Waals surface area contributed by atoms with E-state index >= 15 is 0 Å². The van der Waals surface area contributed by atoms with Crippen molar-refractivity contribution in [1.29, 1.82) is 0 Å². The SMILES string of the molecule is Cc1nnc(C(=O)Cc2ncc3ccc(-c4cncn4C)cc3n2)o1. The van der Waals surface area contributed by atoms with Crippen molar-refractivity contribution < 1.29 is 9.21 Å². The summed E-state index contributed by atoms with van der Waals surface area (Å²) in [6, 6.07) is 5.90. The molecule has 124 valence electrons. The Morgan fingerprint density at radius 2 is 2.12 bits per heavy atom. The molecule has 0 saturated heterocycles. The lowest BCUT2D eigenvalue weighted by Crippen LogP contribution is -2.07. The summed E-state index contributed by atoms with van der Waals surface area (Å²) >= 11 is 0. The average molecular weight is 334 g/mol. The van der Waals surface area contributed by atoms with Gasteiger partial charge in [0.15, 0.2) is 0 Å². The highest BCUT2D eigenvalue weighted by Gasteiger charge is 2.16. The number of ketones is 1. The molecule has 0 atom stereocenters. The first kappa shape index (κ1) is 15.1. The molecular formula is C17H14N6O2. The second-order valence-corrected chi connectivity index (χ2v) is 5.68. The van der Waals surface area contributed by atoms with E-state index in [4.69, 9.17) is 4.42 Å². The first-order chi connectivity index (χ1) is 12.1. The molecule has 4 rings (SSSR count). The second-order valence-electron chi connectivity index (χ2n) is 5.68. The number of carbonyl (C=O) groups is 1. The highest BCUT2D eigenvalue weighted by atomic mass is 16.4. The van der Waals surface area contributed by atoms with Crippen molar-refractivity contribution >= 4 is 16.7 Å². The molecule has 1 aromatic carbocycles. The van der Waals surface area contributed by atoms with E-state index < -0.39 is 0 Å². The molecule has 8 nitrogen and oxygen atoms in total. The van der Waals surface area contributed by atoms with Gasteiger partial charge in [-0.25, -0.2) is 15.0 Å². The predicted molar refractivity (Wildman–Crippen MR) is 88.8 cm³/mol. The summed E-state index contributed by atoms with van der Waals surface area (Å²) in [6.07, 6.45) is 5.26. The third-order valence-corrected chi connectivity index (χ3v) is 3.83. The predicted octanol–water partition coefficient (Wildman–Crippen LogP) is 2.15. The zero-order valence-electron chi connectivity index (χ0n) is 13.7. The monoisotopic (exact) mass is 334 g/mol. The van der Waals surface area contributed by atoms with Gasteiger partial charge in [0, 0.05) is 31.1 Å². The van der Waals surface area contributed by atoms with Gasteiger partial charge in [-0.3, -0.25) is 4.79 Å². The number of fused-ring (bicyclic) bond motifs is 1. The van der Waals surface area contributed by atoms with Crippen molar-refractivity contribution in [2.24, 2.45) is 7.05 Å². The molecule has 0 amide bonds. The Morgan fingerprint density at radius 3 is 2.84 bits per heavy atom. The first-order valence-corrected chi connectivity index (χ1v) is 7.66. The van der Waals surface area contributed by atoms with Crippen molar-refractivity contribution in [1.82, 2.24) is 29.7 Å². The van der Waals surface area contributed by atoms with E-state index in [0.717, 1.165) is 22.2 Å². The summed E-state index contributed by atoms with van der Waals surface area (Å²) in [5.74, 6) is 0.437. The lowest BCUT2D eigenvalue weighted by Gasteiger charge is -2.05. The van der Waals surface area contributed by atoms with Crippen LogP contribution in [0, 0.1) is 6.92 Å². The quantitative estimate of drug-likeness (QED) is 0.527.